The van der Waals surface area contributed by atoms with E-state index in [0.717, 1.165) is 12.8 Å². The van der Waals surface area contributed by atoms with Crippen molar-refractivity contribution in [3.05, 3.63) is 0 Å². The molecule has 0 aliphatic heterocycles. The third-order valence-electron chi connectivity index (χ3n) is 5.90. The van der Waals surface area contributed by atoms with Gasteiger partial charge in [0.2, 0.25) is 0 Å². The van der Waals surface area contributed by atoms with Crippen LogP contribution < -0.4 is 4.89 Å². The van der Waals surface area contributed by atoms with E-state index in [1.807, 2.05) is 21.1 Å². The van der Waals surface area contributed by atoms with Crippen LogP contribution in [0.1, 0.15) is 116 Å². The highest BCUT2D eigenvalue weighted by molar-refractivity contribution is 7.44. The van der Waals surface area contributed by atoms with Gasteiger partial charge in [-0.15, -0.1) is 0 Å². The van der Waals surface area contributed by atoms with E-state index < -0.39 is 13.9 Å². The molecule has 0 amide bonds. The number of hydrogen-bond acceptors (Lipinski definition) is 7. The van der Waals surface area contributed by atoms with Gasteiger partial charge in [0, 0.05) is 6.42 Å². The standard InChI is InChI=1S/C22H44O4.C5H14NO4P/c1-2-3-4-5-6-7-8-9-10-11-12-13-14-15-16-17-18-22(25)26-20-21(24)19-23;1-6(2,3)4-5-10-11(7,8)9/h21,23-24H,2-20H2,1H3;4-5H2,1-3H3,(H-,7,8,9). The van der Waals surface area contributed by atoms with Crippen molar-refractivity contribution in [2.75, 3.05) is 47.5 Å². The first-order valence-corrected chi connectivity index (χ1v) is 15.8. The molecule has 0 fully saturated rings. The van der Waals surface area contributed by atoms with Crippen LogP contribution in [0.2, 0.25) is 0 Å². The summed E-state index contributed by atoms with van der Waals surface area (Å²) >= 11 is 0. The molecular formula is C27H58NO8P. The van der Waals surface area contributed by atoms with Gasteiger partial charge in [-0.25, -0.2) is 0 Å². The van der Waals surface area contributed by atoms with E-state index in [1.165, 1.54) is 89.9 Å². The topological polar surface area (TPSA) is 136 Å². The van der Waals surface area contributed by atoms with E-state index in [2.05, 4.69) is 11.4 Å². The number of quaternary nitrogens is 1. The van der Waals surface area contributed by atoms with Crippen LogP contribution in [0.15, 0.2) is 0 Å². The van der Waals surface area contributed by atoms with Crippen molar-refractivity contribution < 1.29 is 43.1 Å². The van der Waals surface area contributed by atoms with Crippen LogP contribution in [-0.4, -0.2) is 79.2 Å². The summed E-state index contributed by atoms with van der Waals surface area (Å²) in [4.78, 5) is 29.7. The molecule has 0 spiro atoms. The van der Waals surface area contributed by atoms with Gasteiger partial charge in [-0.2, -0.15) is 0 Å². The Balaban J connectivity index is 0. The predicted molar refractivity (Wildman–Crippen MR) is 147 cm³/mol. The summed E-state index contributed by atoms with van der Waals surface area (Å²) < 4.78 is 19.7. The Morgan fingerprint density at radius 2 is 1.24 bits per heavy atom. The molecule has 0 aromatic carbocycles. The second-order valence-electron chi connectivity index (χ2n) is 10.9. The number of likely N-dealkylation sites (N-methyl/N-ethyl adjacent to an activating group) is 1. The van der Waals surface area contributed by atoms with Crippen molar-refractivity contribution in [2.45, 2.75) is 122 Å². The largest absolute Gasteiger partial charge is 0.756 e. The van der Waals surface area contributed by atoms with Crippen LogP contribution in [0.3, 0.4) is 0 Å². The highest BCUT2D eigenvalue weighted by Gasteiger charge is 2.09. The normalized spacial score (nSPS) is 13.9. The molecule has 10 heteroatoms. The average Bonchev–Trinajstić information content (AvgIpc) is 2.81. The Bertz CT molecular complexity index is 551. The number of esters is 1. The van der Waals surface area contributed by atoms with Gasteiger partial charge >= 0.3 is 5.97 Å². The molecule has 0 bridgehead atoms. The van der Waals surface area contributed by atoms with Crippen molar-refractivity contribution in [1.29, 1.82) is 0 Å². The first kappa shape index (κ1) is 38.6. The molecule has 2 unspecified atom stereocenters. The number of hydrogen-bond donors (Lipinski definition) is 3. The van der Waals surface area contributed by atoms with Crippen molar-refractivity contribution in [3.63, 3.8) is 0 Å². The minimum atomic E-state index is -4.51. The number of phosphoric acid groups is 1. The van der Waals surface area contributed by atoms with E-state index in [1.54, 1.807) is 0 Å². The van der Waals surface area contributed by atoms with E-state index in [9.17, 15) is 14.3 Å². The molecule has 0 radical (unpaired) electrons. The lowest BCUT2D eigenvalue weighted by molar-refractivity contribution is -0.870. The Kier molecular flexibility index (Phi) is 26.8. The van der Waals surface area contributed by atoms with Gasteiger partial charge in [0.1, 0.15) is 25.9 Å². The maximum absolute atomic E-state index is 11.4. The van der Waals surface area contributed by atoms with E-state index in [0.29, 0.717) is 17.4 Å². The summed E-state index contributed by atoms with van der Waals surface area (Å²) in [5.74, 6) is -0.275. The monoisotopic (exact) mass is 555 g/mol. The van der Waals surface area contributed by atoms with Crippen LogP contribution >= 0.6 is 7.82 Å². The second kappa shape index (κ2) is 25.7. The summed E-state index contributed by atoms with van der Waals surface area (Å²) in [5, 5.41) is 17.7. The third kappa shape index (κ3) is 37.7. The molecule has 9 nitrogen and oxygen atoms in total. The second-order valence-corrected chi connectivity index (χ2v) is 12.1. The first-order chi connectivity index (χ1) is 17.4. The number of ether oxygens (including phenoxy) is 1. The number of aliphatic hydroxyl groups excluding tert-OH is 2. The fraction of sp³-hybridized carbons (Fsp3) is 0.963. The molecule has 0 aromatic heterocycles. The summed E-state index contributed by atoms with van der Waals surface area (Å²) in [6.45, 7) is 2.35. The number of phosphoric ester groups is 1. The van der Waals surface area contributed by atoms with Crippen LogP contribution in [0.5, 0.6) is 0 Å². The van der Waals surface area contributed by atoms with Crippen molar-refractivity contribution in [3.8, 4) is 0 Å². The SMILES string of the molecule is CCCCCCCCCCCCCCCCCCC(=O)OCC(O)CO.C[N+](C)(C)CCOP(=O)([O-])O. The first-order valence-electron chi connectivity index (χ1n) is 14.3. The maximum atomic E-state index is 11.4. The highest BCUT2D eigenvalue weighted by Crippen LogP contribution is 2.29. The molecule has 0 aliphatic carbocycles. The number of unbranched alkanes of at least 4 members (excludes halogenated alkanes) is 15. The number of rotatable bonds is 24. The molecule has 0 aromatic rings. The number of nitrogens with zero attached hydrogens (tertiary/aromatic N) is 1. The Hall–Kier alpha value is -0.540. The van der Waals surface area contributed by atoms with E-state index >= 15 is 0 Å². The fourth-order valence-electron chi connectivity index (χ4n) is 3.56. The molecule has 0 saturated carbocycles. The zero-order chi connectivity index (χ0) is 28.4. The minimum absolute atomic E-state index is 0.0147. The molecule has 3 N–H and O–H groups in total. The molecule has 2 atom stereocenters. The maximum Gasteiger partial charge on any atom is 0.305 e. The van der Waals surface area contributed by atoms with Gasteiger partial charge in [0.15, 0.2) is 0 Å². The van der Waals surface area contributed by atoms with E-state index in [-0.39, 0.29) is 25.8 Å². The quantitative estimate of drug-likeness (QED) is 0.0675. The predicted octanol–water partition coefficient (Wildman–Crippen LogP) is 4.70. The van der Waals surface area contributed by atoms with Crippen LogP contribution in [-0.2, 0) is 18.6 Å². The van der Waals surface area contributed by atoms with Gasteiger partial charge in [0.25, 0.3) is 7.82 Å². The van der Waals surface area contributed by atoms with Crippen LogP contribution in [0.4, 0.5) is 0 Å². The summed E-state index contributed by atoms with van der Waals surface area (Å²) in [5.41, 5.74) is 0. The lowest BCUT2D eigenvalue weighted by atomic mass is 10.0. The number of aliphatic hydroxyl groups is 2. The van der Waals surface area contributed by atoms with Crippen molar-refractivity contribution in [2.24, 2.45) is 0 Å². The molecule has 0 rings (SSSR count). The summed E-state index contributed by atoms with van der Waals surface area (Å²) in [7, 11) is 1.19. The molecule has 0 aliphatic rings. The Labute approximate surface area is 226 Å². The van der Waals surface area contributed by atoms with Gasteiger partial charge < -0.3 is 33.7 Å². The van der Waals surface area contributed by atoms with Gasteiger partial charge in [-0.3, -0.25) is 9.36 Å². The van der Waals surface area contributed by atoms with Gasteiger partial charge in [0.05, 0.1) is 27.7 Å². The fourth-order valence-corrected chi connectivity index (χ4v) is 3.87. The summed E-state index contributed by atoms with van der Waals surface area (Å²) in [6, 6.07) is 0. The molecule has 37 heavy (non-hydrogen) atoms. The Morgan fingerprint density at radius 3 is 1.59 bits per heavy atom. The zero-order valence-electron chi connectivity index (χ0n) is 24.2. The number of carbonyl (C=O) groups is 1. The van der Waals surface area contributed by atoms with Crippen LogP contribution in [0.25, 0.3) is 0 Å². The van der Waals surface area contributed by atoms with Crippen LogP contribution in [0, 0.1) is 0 Å². The number of carbonyl (C=O) groups excluding carboxylic acids is 1. The smallest absolute Gasteiger partial charge is 0.305 e. The van der Waals surface area contributed by atoms with Crippen molar-refractivity contribution >= 4 is 13.8 Å². The third-order valence-corrected chi connectivity index (χ3v) is 6.41. The highest BCUT2D eigenvalue weighted by atomic mass is 31.2. The molecule has 0 heterocycles. The molecular weight excluding hydrogens is 497 g/mol. The Morgan fingerprint density at radius 1 is 0.838 bits per heavy atom. The van der Waals surface area contributed by atoms with Gasteiger partial charge in [-0.1, -0.05) is 103 Å². The van der Waals surface area contributed by atoms with Crippen molar-refractivity contribution in [1.82, 2.24) is 0 Å². The van der Waals surface area contributed by atoms with E-state index in [4.69, 9.17) is 19.8 Å². The lowest BCUT2D eigenvalue weighted by Gasteiger charge is -2.25. The zero-order valence-corrected chi connectivity index (χ0v) is 25.1. The molecule has 224 valence electrons. The average molecular weight is 556 g/mol. The molecule has 0 saturated heterocycles. The van der Waals surface area contributed by atoms with Gasteiger partial charge in [-0.05, 0) is 6.42 Å². The minimum Gasteiger partial charge on any atom is -0.756 e. The summed E-state index contributed by atoms with van der Waals surface area (Å²) in [6.07, 6.45) is 20.5. The lowest BCUT2D eigenvalue weighted by Crippen LogP contribution is -2.37.